The number of nitrogens with zero attached hydrogens (tertiary/aromatic N) is 6. The fraction of sp³-hybridized carbons (Fsp3) is 0.208. The van der Waals surface area contributed by atoms with Crippen LogP contribution in [0.4, 0.5) is 5.82 Å². The number of aromatic nitrogens is 6. The molecule has 4 heterocycles. The maximum absolute atomic E-state index is 10.8. The molecular formula is C24H23N7OS. The number of carbonyl (C=O) groups excluding carboxylic acids is 1. The van der Waals surface area contributed by atoms with Crippen LogP contribution in [0.3, 0.4) is 0 Å². The van der Waals surface area contributed by atoms with Gasteiger partial charge in [0.2, 0.25) is 0 Å². The number of fused-ring (bicyclic) bond motifs is 1. The van der Waals surface area contributed by atoms with Crippen LogP contribution in [0.2, 0.25) is 0 Å². The molecule has 33 heavy (non-hydrogen) atoms. The maximum Gasteiger partial charge on any atom is 0.199 e. The third kappa shape index (κ3) is 4.03. The fourth-order valence-corrected chi connectivity index (χ4v) is 4.96. The van der Waals surface area contributed by atoms with Crippen molar-refractivity contribution in [2.45, 2.75) is 12.8 Å². The topological polar surface area (TPSA) is 90.5 Å². The number of hydrogen-bond acceptors (Lipinski definition) is 7. The number of imidazole rings is 1. The Morgan fingerprint density at radius 2 is 1.94 bits per heavy atom. The van der Waals surface area contributed by atoms with Gasteiger partial charge in [0.15, 0.2) is 11.6 Å². The van der Waals surface area contributed by atoms with Crippen LogP contribution in [0.1, 0.15) is 12.8 Å². The predicted octanol–water partition coefficient (Wildman–Crippen LogP) is 4.55. The Bertz CT molecular complexity index is 1420. The molecule has 166 valence electrons. The summed E-state index contributed by atoms with van der Waals surface area (Å²) in [5.41, 5.74) is 3.03. The second-order valence-corrected chi connectivity index (χ2v) is 8.72. The van der Waals surface area contributed by atoms with Gasteiger partial charge < -0.3 is 14.7 Å². The number of thiophene rings is 1. The van der Waals surface area contributed by atoms with E-state index < -0.39 is 0 Å². The summed E-state index contributed by atoms with van der Waals surface area (Å²) in [6, 6.07) is 12.3. The van der Waals surface area contributed by atoms with Crippen LogP contribution < -0.4 is 5.32 Å². The molecule has 0 radical (unpaired) electrons. The molecule has 1 aromatic carbocycles. The molecule has 5 rings (SSSR count). The summed E-state index contributed by atoms with van der Waals surface area (Å²) in [6.45, 7) is 0.633. The molecule has 0 saturated carbocycles. The van der Waals surface area contributed by atoms with E-state index in [-0.39, 0.29) is 0 Å². The van der Waals surface area contributed by atoms with Gasteiger partial charge in [-0.3, -0.25) is 4.68 Å². The van der Waals surface area contributed by atoms with E-state index in [9.17, 15) is 4.79 Å². The molecular weight excluding hydrogens is 434 g/mol. The lowest BCUT2D eigenvalue weighted by Crippen LogP contribution is -2.07. The molecule has 0 spiro atoms. The summed E-state index contributed by atoms with van der Waals surface area (Å²) in [6.07, 6.45) is 7.73. The van der Waals surface area contributed by atoms with E-state index in [1.165, 1.54) is 0 Å². The number of carbonyl (C=O) groups is 1. The lowest BCUT2D eigenvalue weighted by atomic mass is 10.0. The van der Waals surface area contributed by atoms with Crippen molar-refractivity contribution in [2.75, 3.05) is 11.9 Å². The molecule has 1 N–H and O–H groups in total. The number of hydrogen-bond donors (Lipinski definition) is 1. The summed E-state index contributed by atoms with van der Waals surface area (Å²) in [7, 11) is 3.84. The number of benzene rings is 1. The number of unbranched alkanes of at least 4 members (excludes halogenated alkanes) is 1. The van der Waals surface area contributed by atoms with Crippen molar-refractivity contribution in [3.63, 3.8) is 0 Å². The van der Waals surface area contributed by atoms with Gasteiger partial charge in [-0.05, 0) is 18.1 Å². The van der Waals surface area contributed by atoms with E-state index >= 15 is 0 Å². The Balaban J connectivity index is 1.77. The zero-order chi connectivity index (χ0) is 22.8. The molecule has 0 amide bonds. The molecule has 9 heteroatoms. The van der Waals surface area contributed by atoms with Gasteiger partial charge in [0.05, 0.1) is 10.3 Å². The second kappa shape index (κ2) is 8.95. The van der Waals surface area contributed by atoms with E-state index in [4.69, 9.17) is 9.97 Å². The van der Waals surface area contributed by atoms with E-state index in [1.54, 1.807) is 22.2 Å². The fourth-order valence-electron chi connectivity index (χ4n) is 3.80. The van der Waals surface area contributed by atoms with Gasteiger partial charge in [-0.25, -0.2) is 15.0 Å². The second-order valence-electron chi connectivity index (χ2n) is 7.72. The molecule has 0 atom stereocenters. The van der Waals surface area contributed by atoms with Crippen LogP contribution in [0.5, 0.6) is 0 Å². The average molecular weight is 458 g/mol. The van der Waals surface area contributed by atoms with Gasteiger partial charge >= 0.3 is 0 Å². The van der Waals surface area contributed by atoms with E-state index in [0.29, 0.717) is 24.6 Å². The van der Waals surface area contributed by atoms with E-state index in [1.807, 2.05) is 55.3 Å². The lowest BCUT2D eigenvalue weighted by Gasteiger charge is -2.11. The van der Waals surface area contributed by atoms with Crippen LogP contribution in [-0.2, 0) is 18.9 Å². The van der Waals surface area contributed by atoms with Crippen molar-refractivity contribution in [2.24, 2.45) is 14.1 Å². The molecule has 8 nitrogen and oxygen atoms in total. The minimum atomic E-state index is 0.502. The molecule has 0 aliphatic rings. The molecule has 0 aliphatic carbocycles. The first-order valence-corrected chi connectivity index (χ1v) is 11.5. The number of rotatable bonds is 8. The van der Waals surface area contributed by atoms with Crippen LogP contribution in [0, 0.1) is 0 Å². The van der Waals surface area contributed by atoms with Crippen molar-refractivity contribution >= 4 is 33.7 Å². The van der Waals surface area contributed by atoms with Gasteiger partial charge in [-0.15, -0.1) is 11.3 Å². The standard InChI is InChI=1S/C24H23N7OS/c1-30-14-12-26-23(30)22-27-21(25-11-6-7-15-32)19-18(16-8-4-3-5-9-16)20(33-24(19)28-22)17-10-13-31(2)29-17/h3-5,8-10,12-15H,6-7,11H2,1-2H3,(H,25,27,28). The molecule has 0 unspecified atom stereocenters. The highest BCUT2D eigenvalue weighted by Gasteiger charge is 2.23. The van der Waals surface area contributed by atoms with Crippen LogP contribution in [0.25, 0.3) is 43.6 Å². The number of anilines is 1. The lowest BCUT2D eigenvalue weighted by molar-refractivity contribution is -0.107. The summed E-state index contributed by atoms with van der Waals surface area (Å²) in [4.78, 5) is 27.0. The predicted molar refractivity (Wildman–Crippen MR) is 131 cm³/mol. The largest absolute Gasteiger partial charge is 0.369 e. The molecule has 0 bridgehead atoms. The summed E-state index contributed by atoms with van der Waals surface area (Å²) >= 11 is 1.60. The third-order valence-electron chi connectivity index (χ3n) is 5.37. The SMILES string of the molecule is Cn1ccc(-c2sc3nc(-c4nccn4C)nc(NCCCC=O)c3c2-c2ccccc2)n1. The highest BCUT2D eigenvalue weighted by Crippen LogP contribution is 2.46. The van der Waals surface area contributed by atoms with Gasteiger partial charge in [0.1, 0.15) is 22.6 Å². The Morgan fingerprint density at radius 1 is 1.09 bits per heavy atom. The quantitative estimate of drug-likeness (QED) is 0.272. The Labute approximate surface area is 195 Å². The van der Waals surface area contributed by atoms with Gasteiger partial charge in [0, 0.05) is 51.2 Å². The minimum Gasteiger partial charge on any atom is -0.369 e. The van der Waals surface area contributed by atoms with Crippen molar-refractivity contribution in [1.82, 2.24) is 29.3 Å². The number of aldehydes is 1. The first kappa shape index (κ1) is 21.0. The Kier molecular flexibility index (Phi) is 5.70. The monoisotopic (exact) mass is 457 g/mol. The first-order chi connectivity index (χ1) is 16.2. The summed E-state index contributed by atoms with van der Waals surface area (Å²) in [5, 5.41) is 9.08. The highest BCUT2D eigenvalue weighted by atomic mass is 32.1. The number of aryl methyl sites for hydroxylation is 2. The van der Waals surface area contributed by atoms with E-state index in [0.717, 1.165) is 50.4 Å². The zero-order valence-corrected chi connectivity index (χ0v) is 19.2. The average Bonchev–Trinajstić information content (AvgIpc) is 3.55. The van der Waals surface area contributed by atoms with Crippen molar-refractivity contribution < 1.29 is 4.79 Å². The van der Waals surface area contributed by atoms with Gasteiger partial charge in [-0.1, -0.05) is 30.3 Å². The summed E-state index contributed by atoms with van der Waals surface area (Å²) < 4.78 is 3.71. The van der Waals surface area contributed by atoms with Crippen LogP contribution >= 0.6 is 11.3 Å². The van der Waals surface area contributed by atoms with Crippen LogP contribution in [0.15, 0.2) is 55.0 Å². The third-order valence-corrected chi connectivity index (χ3v) is 6.48. The van der Waals surface area contributed by atoms with Crippen LogP contribution in [-0.4, -0.2) is 42.1 Å². The smallest absolute Gasteiger partial charge is 0.199 e. The first-order valence-electron chi connectivity index (χ1n) is 10.7. The molecule has 0 fully saturated rings. The minimum absolute atomic E-state index is 0.502. The van der Waals surface area contributed by atoms with Crippen molar-refractivity contribution in [1.29, 1.82) is 0 Å². The number of nitrogens with one attached hydrogen (secondary N) is 1. The van der Waals surface area contributed by atoms with Gasteiger partial charge in [0.25, 0.3) is 0 Å². The summed E-state index contributed by atoms with van der Waals surface area (Å²) in [5.74, 6) is 1.99. The zero-order valence-electron chi connectivity index (χ0n) is 18.4. The molecule has 0 aliphatic heterocycles. The Hall–Kier alpha value is -3.85. The maximum atomic E-state index is 10.8. The molecule has 4 aromatic heterocycles. The van der Waals surface area contributed by atoms with Gasteiger partial charge in [-0.2, -0.15) is 5.10 Å². The molecule has 5 aromatic rings. The van der Waals surface area contributed by atoms with E-state index in [2.05, 4.69) is 27.5 Å². The van der Waals surface area contributed by atoms with Crippen molar-refractivity contribution in [3.05, 3.63) is 55.0 Å². The van der Waals surface area contributed by atoms with Crippen molar-refractivity contribution in [3.8, 4) is 33.3 Å². The highest BCUT2D eigenvalue weighted by molar-refractivity contribution is 7.22. The normalized spacial score (nSPS) is 11.2. The molecule has 0 saturated heterocycles. The Morgan fingerprint density at radius 3 is 2.64 bits per heavy atom.